The molecule has 0 radical (unpaired) electrons. The van der Waals surface area contributed by atoms with Crippen molar-refractivity contribution in [2.45, 2.75) is 33.4 Å². The molecule has 0 amide bonds. The van der Waals surface area contributed by atoms with Crippen LogP contribution in [0.2, 0.25) is 0 Å². The van der Waals surface area contributed by atoms with Crippen molar-refractivity contribution in [3.8, 4) is 0 Å². The van der Waals surface area contributed by atoms with Gasteiger partial charge in [0, 0.05) is 52.3 Å². The number of nitrogens with one attached hydrogen (secondary N) is 2. The summed E-state index contributed by atoms with van der Waals surface area (Å²) in [5.74, 6) is 2.51. The van der Waals surface area contributed by atoms with Gasteiger partial charge in [-0.15, -0.1) is 10.2 Å². The fourth-order valence-electron chi connectivity index (χ4n) is 2.26. The molecule has 2 aromatic heterocycles. The fraction of sp³-hybridized carbons (Fsp3) is 0.588. The van der Waals surface area contributed by atoms with Gasteiger partial charge >= 0.3 is 0 Å². The highest BCUT2D eigenvalue weighted by molar-refractivity contribution is 5.79. The SMILES string of the molecule is CCOCCCNC(=NCc1nnc(C)n1C)NCCn1cccc1. The van der Waals surface area contributed by atoms with Crippen molar-refractivity contribution >= 4 is 5.96 Å². The first-order valence-electron chi connectivity index (χ1n) is 8.76. The monoisotopic (exact) mass is 347 g/mol. The summed E-state index contributed by atoms with van der Waals surface area (Å²) in [6, 6.07) is 4.05. The van der Waals surface area contributed by atoms with E-state index in [-0.39, 0.29) is 0 Å². The van der Waals surface area contributed by atoms with Gasteiger partial charge < -0.3 is 24.5 Å². The molecule has 2 aromatic rings. The topological polar surface area (TPSA) is 81.3 Å². The molecule has 138 valence electrons. The molecule has 25 heavy (non-hydrogen) atoms. The number of hydrogen-bond acceptors (Lipinski definition) is 4. The van der Waals surface area contributed by atoms with Crippen molar-refractivity contribution in [1.29, 1.82) is 0 Å². The first kappa shape index (κ1) is 19.0. The maximum atomic E-state index is 5.37. The predicted octanol–water partition coefficient (Wildman–Crippen LogP) is 1.09. The maximum Gasteiger partial charge on any atom is 0.191 e. The average Bonchev–Trinajstić information content (AvgIpc) is 3.23. The Balaban J connectivity index is 1.85. The second kappa shape index (κ2) is 10.5. The Hall–Kier alpha value is -2.35. The molecule has 2 heterocycles. The molecule has 2 rings (SSSR count). The zero-order chi connectivity index (χ0) is 17.9. The summed E-state index contributed by atoms with van der Waals surface area (Å²) in [6.07, 6.45) is 5.04. The summed E-state index contributed by atoms with van der Waals surface area (Å²) in [5.41, 5.74) is 0. The quantitative estimate of drug-likeness (QED) is 0.382. The van der Waals surface area contributed by atoms with Crippen LogP contribution in [0.25, 0.3) is 0 Å². The van der Waals surface area contributed by atoms with Gasteiger partial charge in [0.1, 0.15) is 12.4 Å². The highest BCUT2D eigenvalue weighted by atomic mass is 16.5. The molecule has 0 aromatic carbocycles. The standard InChI is InChI=1S/C17H29N7O/c1-4-25-13-7-8-18-17(19-9-12-24-10-5-6-11-24)20-14-16-22-21-15(2)23(16)3/h5-6,10-11H,4,7-9,12-14H2,1-3H3,(H2,18,19,20). The van der Waals surface area contributed by atoms with E-state index >= 15 is 0 Å². The van der Waals surface area contributed by atoms with Crippen molar-refractivity contribution in [2.24, 2.45) is 12.0 Å². The Morgan fingerprint density at radius 2 is 1.96 bits per heavy atom. The van der Waals surface area contributed by atoms with Crippen LogP contribution in [0.5, 0.6) is 0 Å². The maximum absolute atomic E-state index is 5.37. The Morgan fingerprint density at radius 1 is 1.20 bits per heavy atom. The number of aromatic nitrogens is 4. The smallest absolute Gasteiger partial charge is 0.191 e. The third-order valence-electron chi connectivity index (χ3n) is 3.85. The van der Waals surface area contributed by atoms with Gasteiger partial charge in [-0.2, -0.15) is 0 Å². The van der Waals surface area contributed by atoms with Gasteiger partial charge in [0.05, 0.1) is 0 Å². The van der Waals surface area contributed by atoms with Crippen LogP contribution in [-0.4, -0.2) is 51.6 Å². The van der Waals surface area contributed by atoms with Gasteiger partial charge in [-0.05, 0) is 32.4 Å². The second-order valence-corrected chi connectivity index (χ2v) is 5.71. The minimum atomic E-state index is 0.488. The van der Waals surface area contributed by atoms with E-state index in [0.717, 1.165) is 56.9 Å². The van der Waals surface area contributed by atoms with E-state index in [9.17, 15) is 0 Å². The van der Waals surface area contributed by atoms with Crippen LogP contribution < -0.4 is 10.6 Å². The summed E-state index contributed by atoms with van der Waals surface area (Å²) < 4.78 is 9.45. The Kier molecular flexibility index (Phi) is 7.97. The normalized spacial score (nSPS) is 11.7. The first-order valence-corrected chi connectivity index (χ1v) is 8.76. The van der Waals surface area contributed by atoms with Gasteiger partial charge in [-0.1, -0.05) is 0 Å². The molecule has 0 bridgehead atoms. The van der Waals surface area contributed by atoms with Crippen molar-refractivity contribution in [2.75, 3.05) is 26.3 Å². The molecule has 8 nitrogen and oxygen atoms in total. The molecular weight excluding hydrogens is 318 g/mol. The highest BCUT2D eigenvalue weighted by Gasteiger charge is 2.05. The van der Waals surface area contributed by atoms with E-state index in [1.807, 2.05) is 37.6 Å². The molecule has 8 heteroatoms. The zero-order valence-electron chi connectivity index (χ0n) is 15.4. The molecule has 0 aliphatic rings. The van der Waals surface area contributed by atoms with E-state index in [1.54, 1.807) is 0 Å². The van der Waals surface area contributed by atoms with Crippen LogP contribution in [0.1, 0.15) is 25.0 Å². The molecule has 0 aliphatic carbocycles. The number of nitrogens with zero attached hydrogens (tertiary/aromatic N) is 5. The molecule has 0 saturated heterocycles. The van der Waals surface area contributed by atoms with Crippen molar-refractivity contribution in [3.63, 3.8) is 0 Å². The summed E-state index contributed by atoms with van der Waals surface area (Å²) >= 11 is 0. The summed E-state index contributed by atoms with van der Waals surface area (Å²) in [7, 11) is 1.95. The molecule has 0 aliphatic heterocycles. The average molecular weight is 347 g/mol. The number of aryl methyl sites for hydroxylation is 1. The summed E-state index contributed by atoms with van der Waals surface area (Å²) in [4.78, 5) is 4.63. The van der Waals surface area contributed by atoms with E-state index in [1.165, 1.54) is 0 Å². The Bertz CT molecular complexity index is 633. The summed E-state index contributed by atoms with van der Waals surface area (Å²) in [5, 5.41) is 14.9. The fourth-order valence-corrected chi connectivity index (χ4v) is 2.26. The molecule has 2 N–H and O–H groups in total. The predicted molar refractivity (Wildman–Crippen MR) is 98.4 cm³/mol. The number of ether oxygens (including phenoxy) is 1. The molecule has 0 fully saturated rings. The van der Waals surface area contributed by atoms with E-state index in [2.05, 4.69) is 42.8 Å². The second-order valence-electron chi connectivity index (χ2n) is 5.71. The first-order chi connectivity index (χ1) is 12.2. The van der Waals surface area contributed by atoms with Crippen LogP contribution in [0.4, 0.5) is 0 Å². The number of guanidine groups is 1. The molecule has 0 atom stereocenters. The molecular formula is C17H29N7O. The number of aliphatic imine (C=N–C) groups is 1. The lowest BCUT2D eigenvalue weighted by Crippen LogP contribution is -2.39. The minimum Gasteiger partial charge on any atom is -0.382 e. The van der Waals surface area contributed by atoms with Crippen LogP contribution in [-0.2, 0) is 24.9 Å². The minimum absolute atomic E-state index is 0.488. The lowest BCUT2D eigenvalue weighted by atomic mass is 10.4. The van der Waals surface area contributed by atoms with Crippen LogP contribution in [0.15, 0.2) is 29.5 Å². The number of hydrogen-bond donors (Lipinski definition) is 2. The Morgan fingerprint density at radius 3 is 2.64 bits per heavy atom. The van der Waals surface area contributed by atoms with Gasteiger partial charge in [0.25, 0.3) is 0 Å². The lowest BCUT2D eigenvalue weighted by molar-refractivity contribution is 0.145. The van der Waals surface area contributed by atoms with Crippen LogP contribution >= 0.6 is 0 Å². The van der Waals surface area contributed by atoms with Gasteiger partial charge in [0.15, 0.2) is 11.8 Å². The number of rotatable bonds is 10. The molecule has 0 spiro atoms. The van der Waals surface area contributed by atoms with E-state index < -0.39 is 0 Å². The Labute approximate surface area is 149 Å². The largest absolute Gasteiger partial charge is 0.382 e. The van der Waals surface area contributed by atoms with Gasteiger partial charge in [-0.3, -0.25) is 0 Å². The molecule has 0 saturated carbocycles. The van der Waals surface area contributed by atoms with Crippen molar-refractivity contribution < 1.29 is 4.74 Å². The van der Waals surface area contributed by atoms with Crippen molar-refractivity contribution in [3.05, 3.63) is 36.2 Å². The van der Waals surface area contributed by atoms with E-state index in [0.29, 0.717) is 6.54 Å². The molecule has 0 unspecified atom stereocenters. The van der Waals surface area contributed by atoms with Crippen molar-refractivity contribution in [1.82, 2.24) is 30.0 Å². The lowest BCUT2D eigenvalue weighted by Gasteiger charge is -2.13. The highest BCUT2D eigenvalue weighted by Crippen LogP contribution is 1.99. The van der Waals surface area contributed by atoms with Gasteiger partial charge in [-0.25, -0.2) is 4.99 Å². The third kappa shape index (κ3) is 6.58. The zero-order valence-corrected chi connectivity index (χ0v) is 15.4. The van der Waals surface area contributed by atoms with Crippen LogP contribution in [0.3, 0.4) is 0 Å². The third-order valence-corrected chi connectivity index (χ3v) is 3.85. The van der Waals surface area contributed by atoms with Crippen LogP contribution in [0, 0.1) is 6.92 Å². The van der Waals surface area contributed by atoms with E-state index in [4.69, 9.17) is 4.74 Å². The van der Waals surface area contributed by atoms with Gasteiger partial charge in [0.2, 0.25) is 0 Å². The summed E-state index contributed by atoms with van der Waals surface area (Å²) in [6.45, 7) is 8.42.